The second-order valence-electron chi connectivity index (χ2n) is 4.10. The van der Waals surface area contributed by atoms with E-state index < -0.39 is 0 Å². The highest BCUT2D eigenvalue weighted by molar-refractivity contribution is 9.10. The predicted octanol–water partition coefficient (Wildman–Crippen LogP) is 3.65. The van der Waals surface area contributed by atoms with Crippen molar-refractivity contribution in [3.8, 4) is 0 Å². The first-order chi connectivity index (χ1) is 9.01. The first-order valence-corrected chi connectivity index (χ1v) is 6.97. The molecule has 0 saturated carbocycles. The lowest BCUT2D eigenvalue weighted by Crippen LogP contribution is -2.12. The molecule has 0 fully saturated rings. The zero-order chi connectivity index (χ0) is 14.0. The molecule has 4 nitrogen and oxygen atoms in total. The van der Waals surface area contributed by atoms with Crippen LogP contribution in [0.4, 0.5) is 5.69 Å². The number of aryl methyl sites for hydroxylation is 2. The third-order valence-corrected chi connectivity index (χ3v) is 3.88. The molecule has 19 heavy (non-hydrogen) atoms. The molecule has 0 aliphatic rings. The fraction of sp³-hybridized carbons (Fsp3) is 0.231. The van der Waals surface area contributed by atoms with Crippen LogP contribution in [0, 0.1) is 0 Å². The second kappa shape index (κ2) is 5.75. The molecule has 100 valence electrons. The van der Waals surface area contributed by atoms with Crippen LogP contribution >= 0.6 is 27.5 Å². The summed E-state index contributed by atoms with van der Waals surface area (Å²) in [6, 6.07) is 5.06. The Balaban J connectivity index is 2.22. The van der Waals surface area contributed by atoms with Gasteiger partial charge in [0, 0.05) is 23.3 Å². The molecule has 0 radical (unpaired) electrons. The van der Waals surface area contributed by atoms with E-state index >= 15 is 0 Å². The van der Waals surface area contributed by atoms with E-state index in [4.69, 9.17) is 11.6 Å². The van der Waals surface area contributed by atoms with Crippen LogP contribution < -0.4 is 5.32 Å². The summed E-state index contributed by atoms with van der Waals surface area (Å²) in [5, 5.41) is 7.71. The van der Waals surface area contributed by atoms with Gasteiger partial charge in [-0.05, 0) is 40.5 Å². The molecule has 1 heterocycles. The van der Waals surface area contributed by atoms with Gasteiger partial charge in [0.25, 0.3) is 5.91 Å². The lowest BCUT2D eigenvalue weighted by atomic mass is 10.2. The summed E-state index contributed by atoms with van der Waals surface area (Å²) >= 11 is 9.21. The summed E-state index contributed by atoms with van der Waals surface area (Å²) in [6.07, 6.45) is 2.56. The van der Waals surface area contributed by atoms with Crippen LogP contribution in [0.3, 0.4) is 0 Å². The van der Waals surface area contributed by atoms with Crippen LogP contribution in [-0.4, -0.2) is 15.7 Å². The Kier molecular flexibility index (Phi) is 4.27. The van der Waals surface area contributed by atoms with Gasteiger partial charge in [0.1, 0.15) is 0 Å². The topological polar surface area (TPSA) is 46.9 Å². The van der Waals surface area contributed by atoms with Gasteiger partial charge in [-0.2, -0.15) is 5.10 Å². The Morgan fingerprint density at radius 3 is 2.89 bits per heavy atom. The zero-order valence-corrected chi connectivity index (χ0v) is 12.9. The number of amides is 1. The number of aromatic nitrogens is 2. The van der Waals surface area contributed by atoms with Crippen LogP contribution in [0.1, 0.15) is 23.0 Å². The van der Waals surface area contributed by atoms with Gasteiger partial charge in [-0.1, -0.05) is 18.5 Å². The Morgan fingerprint density at radius 2 is 2.26 bits per heavy atom. The average Bonchev–Trinajstić information content (AvgIpc) is 2.72. The van der Waals surface area contributed by atoms with Crippen molar-refractivity contribution >= 4 is 39.1 Å². The molecule has 1 aromatic carbocycles. The van der Waals surface area contributed by atoms with Crippen molar-refractivity contribution in [2.75, 3.05) is 5.32 Å². The molecular formula is C13H13BrClN3O. The maximum atomic E-state index is 12.1. The Morgan fingerprint density at radius 1 is 1.53 bits per heavy atom. The molecule has 1 amide bonds. The molecule has 2 aromatic rings. The van der Waals surface area contributed by atoms with Crippen molar-refractivity contribution in [1.82, 2.24) is 9.78 Å². The number of hydrogen-bond acceptors (Lipinski definition) is 2. The predicted molar refractivity (Wildman–Crippen MR) is 79.7 cm³/mol. The summed E-state index contributed by atoms with van der Waals surface area (Å²) in [5.41, 5.74) is 2.15. The van der Waals surface area contributed by atoms with Crippen molar-refractivity contribution in [2.24, 2.45) is 7.05 Å². The molecule has 1 aromatic heterocycles. The van der Waals surface area contributed by atoms with E-state index in [1.165, 1.54) is 0 Å². The van der Waals surface area contributed by atoms with Crippen molar-refractivity contribution in [2.45, 2.75) is 13.3 Å². The lowest BCUT2D eigenvalue weighted by molar-refractivity contribution is 0.102. The molecule has 0 aliphatic carbocycles. The van der Waals surface area contributed by atoms with Gasteiger partial charge in [-0.3, -0.25) is 9.48 Å². The van der Waals surface area contributed by atoms with E-state index in [9.17, 15) is 4.79 Å². The zero-order valence-electron chi connectivity index (χ0n) is 10.6. The minimum Gasteiger partial charge on any atom is -0.319 e. The van der Waals surface area contributed by atoms with Crippen molar-refractivity contribution < 1.29 is 4.79 Å². The number of nitrogens with one attached hydrogen (secondary N) is 1. The van der Waals surface area contributed by atoms with Gasteiger partial charge in [0.2, 0.25) is 0 Å². The smallest absolute Gasteiger partial charge is 0.255 e. The summed E-state index contributed by atoms with van der Waals surface area (Å²) in [4.78, 5) is 12.1. The van der Waals surface area contributed by atoms with Gasteiger partial charge in [0.05, 0.1) is 16.4 Å². The van der Waals surface area contributed by atoms with Gasteiger partial charge >= 0.3 is 0 Å². The fourth-order valence-electron chi connectivity index (χ4n) is 1.73. The fourth-order valence-corrected chi connectivity index (χ4v) is 2.23. The highest BCUT2D eigenvalue weighted by atomic mass is 79.9. The van der Waals surface area contributed by atoms with Gasteiger partial charge in [0.15, 0.2) is 0 Å². The van der Waals surface area contributed by atoms with Crippen LogP contribution in [0.15, 0.2) is 28.9 Å². The van der Waals surface area contributed by atoms with Gasteiger partial charge < -0.3 is 5.32 Å². The molecule has 0 aliphatic heterocycles. The molecule has 2 rings (SSSR count). The standard InChI is InChI=1S/C13H13BrClN3O/c1-3-11-12(7-18(2)17-11)16-13(19)8-4-5-10(15)9(14)6-8/h4-7H,3H2,1-2H3,(H,16,19). The SMILES string of the molecule is CCc1nn(C)cc1NC(=O)c1ccc(Cl)c(Br)c1. The largest absolute Gasteiger partial charge is 0.319 e. The second-order valence-corrected chi connectivity index (χ2v) is 5.36. The first-order valence-electron chi connectivity index (χ1n) is 5.80. The quantitative estimate of drug-likeness (QED) is 0.925. The van der Waals surface area contributed by atoms with Crippen molar-refractivity contribution in [3.05, 3.63) is 45.1 Å². The van der Waals surface area contributed by atoms with Crippen molar-refractivity contribution in [3.63, 3.8) is 0 Å². The van der Waals surface area contributed by atoms with Crippen LogP contribution in [0.2, 0.25) is 5.02 Å². The average molecular weight is 343 g/mol. The van der Waals surface area contributed by atoms with E-state index in [1.807, 2.05) is 14.0 Å². The number of halogens is 2. The summed E-state index contributed by atoms with van der Waals surface area (Å²) in [6.45, 7) is 2.00. The van der Waals surface area contributed by atoms with Crippen LogP contribution in [0.25, 0.3) is 0 Å². The van der Waals surface area contributed by atoms with E-state index in [-0.39, 0.29) is 5.91 Å². The number of carbonyl (C=O) groups is 1. The highest BCUT2D eigenvalue weighted by Gasteiger charge is 2.12. The summed E-state index contributed by atoms with van der Waals surface area (Å²) in [7, 11) is 1.83. The third kappa shape index (κ3) is 3.16. The maximum Gasteiger partial charge on any atom is 0.255 e. The minimum atomic E-state index is -0.180. The van der Waals surface area contributed by atoms with Gasteiger partial charge in [-0.15, -0.1) is 0 Å². The maximum absolute atomic E-state index is 12.1. The highest BCUT2D eigenvalue weighted by Crippen LogP contribution is 2.24. The minimum absolute atomic E-state index is 0.180. The Labute approximate surface area is 124 Å². The number of carbonyl (C=O) groups excluding carboxylic acids is 1. The normalized spacial score (nSPS) is 10.5. The molecule has 0 spiro atoms. The number of nitrogens with zero attached hydrogens (tertiary/aromatic N) is 2. The Hall–Kier alpha value is -1.33. The van der Waals surface area contributed by atoms with Crippen molar-refractivity contribution in [1.29, 1.82) is 0 Å². The van der Waals surface area contributed by atoms with Crippen LogP contribution in [-0.2, 0) is 13.5 Å². The molecule has 0 saturated heterocycles. The molecule has 6 heteroatoms. The van der Waals surface area contributed by atoms with Crippen LogP contribution in [0.5, 0.6) is 0 Å². The molecule has 0 bridgehead atoms. The van der Waals surface area contributed by atoms with E-state index in [0.29, 0.717) is 15.1 Å². The molecular weight excluding hydrogens is 330 g/mol. The van der Waals surface area contributed by atoms with E-state index in [0.717, 1.165) is 17.8 Å². The summed E-state index contributed by atoms with van der Waals surface area (Å²) < 4.78 is 2.38. The lowest BCUT2D eigenvalue weighted by Gasteiger charge is -2.05. The first kappa shape index (κ1) is 14.1. The number of hydrogen-bond donors (Lipinski definition) is 1. The summed E-state index contributed by atoms with van der Waals surface area (Å²) in [5.74, 6) is -0.180. The van der Waals surface area contributed by atoms with E-state index in [2.05, 4.69) is 26.3 Å². The van der Waals surface area contributed by atoms with E-state index in [1.54, 1.807) is 29.1 Å². The molecule has 0 unspecified atom stereocenters. The number of rotatable bonds is 3. The van der Waals surface area contributed by atoms with Gasteiger partial charge in [-0.25, -0.2) is 0 Å². The Bertz CT molecular complexity index is 624. The third-order valence-electron chi connectivity index (χ3n) is 2.67. The number of anilines is 1. The molecule has 0 atom stereocenters. The monoisotopic (exact) mass is 341 g/mol. The number of benzene rings is 1. The molecule has 1 N–H and O–H groups in total.